The van der Waals surface area contributed by atoms with Crippen molar-refractivity contribution in [1.29, 1.82) is 0 Å². The summed E-state index contributed by atoms with van der Waals surface area (Å²) >= 11 is 0. The number of nitro groups is 1. The van der Waals surface area contributed by atoms with Gasteiger partial charge < -0.3 is 0 Å². The first-order valence-electron chi connectivity index (χ1n) is 10.2. The number of fused-ring (bicyclic) bond motifs is 1. The lowest BCUT2D eigenvalue weighted by molar-refractivity contribution is -0.384. The summed E-state index contributed by atoms with van der Waals surface area (Å²) in [7, 11) is -4.27. The molecule has 2 amide bonds. The molecule has 0 aromatic heterocycles. The fourth-order valence-corrected chi connectivity index (χ4v) is 4.68. The molecule has 174 valence electrons. The molecule has 1 heterocycles. The maximum absolute atomic E-state index is 13.3. The first kappa shape index (κ1) is 23.2. The summed E-state index contributed by atoms with van der Waals surface area (Å²) in [5.41, 5.74) is 0.943. The lowest BCUT2D eigenvalue weighted by Crippen LogP contribution is -2.40. The van der Waals surface area contributed by atoms with Gasteiger partial charge in [-0.25, -0.2) is 8.42 Å². The van der Waals surface area contributed by atoms with Crippen LogP contribution >= 0.6 is 0 Å². The average molecular weight is 481 g/mol. The molecule has 0 radical (unpaired) electrons. The standard InChI is InChI=1S/C23H19N3O7S/c27-22-20-8-4-5-9-21(20)23(28)24(22)14-15-25(33-16-17-6-2-1-3-7-17)34(31,32)19-12-10-18(11-13-19)26(29)30/h1-13H,14-16H2. The van der Waals surface area contributed by atoms with E-state index in [1.165, 1.54) is 12.1 Å². The summed E-state index contributed by atoms with van der Waals surface area (Å²) in [4.78, 5) is 41.9. The van der Waals surface area contributed by atoms with Crippen molar-refractivity contribution in [3.63, 3.8) is 0 Å². The number of hydroxylamine groups is 1. The van der Waals surface area contributed by atoms with Crippen molar-refractivity contribution in [3.8, 4) is 0 Å². The van der Waals surface area contributed by atoms with Crippen LogP contribution in [0.4, 0.5) is 5.69 Å². The maximum Gasteiger partial charge on any atom is 0.269 e. The number of sulfonamides is 1. The lowest BCUT2D eigenvalue weighted by Gasteiger charge is -2.24. The Hall–Kier alpha value is -3.93. The topological polar surface area (TPSA) is 127 Å². The van der Waals surface area contributed by atoms with Gasteiger partial charge in [-0.3, -0.25) is 29.4 Å². The van der Waals surface area contributed by atoms with Gasteiger partial charge in [-0.1, -0.05) is 46.9 Å². The first-order valence-corrected chi connectivity index (χ1v) is 11.6. The zero-order valence-electron chi connectivity index (χ0n) is 17.7. The Morgan fingerprint density at radius 3 is 1.97 bits per heavy atom. The average Bonchev–Trinajstić information content (AvgIpc) is 3.09. The largest absolute Gasteiger partial charge is 0.279 e. The van der Waals surface area contributed by atoms with E-state index in [4.69, 9.17) is 4.84 Å². The number of rotatable bonds is 9. The maximum atomic E-state index is 13.3. The smallest absolute Gasteiger partial charge is 0.269 e. The van der Waals surface area contributed by atoms with Gasteiger partial charge in [0.1, 0.15) is 0 Å². The van der Waals surface area contributed by atoms with Gasteiger partial charge in [0.2, 0.25) is 0 Å². The molecule has 4 rings (SSSR count). The summed E-state index contributed by atoms with van der Waals surface area (Å²) in [6.45, 7) is -0.667. The molecule has 0 N–H and O–H groups in total. The molecule has 0 saturated carbocycles. The monoisotopic (exact) mass is 481 g/mol. The van der Waals surface area contributed by atoms with Gasteiger partial charge in [0.05, 0.1) is 34.1 Å². The van der Waals surface area contributed by atoms with E-state index < -0.39 is 26.8 Å². The third-order valence-corrected chi connectivity index (χ3v) is 6.91. The Morgan fingerprint density at radius 2 is 1.41 bits per heavy atom. The van der Waals surface area contributed by atoms with Crippen LogP contribution in [0.25, 0.3) is 0 Å². The molecule has 0 saturated heterocycles. The molecule has 0 spiro atoms. The first-order chi connectivity index (χ1) is 16.3. The van der Waals surface area contributed by atoms with E-state index in [0.29, 0.717) is 10.0 Å². The van der Waals surface area contributed by atoms with Crippen molar-refractivity contribution in [2.45, 2.75) is 11.5 Å². The summed E-state index contributed by atoms with van der Waals surface area (Å²) in [5, 5.41) is 10.9. The normalized spacial score (nSPS) is 13.4. The van der Waals surface area contributed by atoms with Gasteiger partial charge in [0, 0.05) is 18.7 Å². The van der Waals surface area contributed by atoms with Crippen molar-refractivity contribution >= 4 is 27.5 Å². The van der Waals surface area contributed by atoms with Crippen LogP contribution in [-0.2, 0) is 21.5 Å². The van der Waals surface area contributed by atoms with Crippen molar-refractivity contribution in [1.82, 2.24) is 9.37 Å². The van der Waals surface area contributed by atoms with Crippen LogP contribution in [0.1, 0.15) is 26.3 Å². The molecule has 0 unspecified atom stereocenters. The minimum atomic E-state index is -4.27. The van der Waals surface area contributed by atoms with Crippen LogP contribution < -0.4 is 0 Å². The van der Waals surface area contributed by atoms with Crippen molar-refractivity contribution in [3.05, 3.63) is 106 Å². The zero-order valence-corrected chi connectivity index (χ0v) is 18.6. The van der Waals surface area contributed by atoms with Crippen LogP contribution in [0, 0.1) is 10.1 Å². The molecule has 34 heavy (non-hydrogen) atoms. The Bertz CT molecular complexity index is 1310. The molecule has 0 bridgehead atoms. The molecule has 3 aromatic rings. The number of benzene rings is 3. The predicted octanol–water partition coefficient (Wildman–Crippen LogP) is 3.01. The molecule has 3 aromatic carbocycles. The minimum absolute atomic E-state index is 0.0881. The number of carbonyl (C=O) groups excluding carboxylic acids is 2. The minimum Gasteiger partial charge on any atom is -0.279 e. The highest BCUT2D eigenvalue weighted by molar-refractivity contribution is 7.89. The van der Waals surface area contributed by atoms with E-state index >= 15 is 0 Å². The van der Waals surface area contributed by atoms with Crippen LogP contribution in [0.2, 0.25) is 0 Å². The molecular formula is C23H19N3O7S. The highest BCUT2D eigenvalue weighted by Gasteiger charge is 2.36. The molecule has 0 atom stereocenters. The second-order valence-corrected chi connectivity index (χ2v) is 9.18. The van der Waals surface area contributed by atoms with E-state index in [-0.39, 0.29) is 41.4 Å². The van der Waals surface area contributed by atoms with Gasteiger partial charge in [0.25, 0.3) is 27.5 Å². The summed E-state index contributed by atoms with van der Waals surface area (Å²) < 4.78 is 27.2. The summed E-state index contributed by atoms with van der Waals surface area (Å²) in [5.74, 6) is -1.03. The van der Waals surface area contributed by atoms with E-state index in [2.05, 4.69) is 0 Å². The number of amides is 2. The van der Waals surface area contributed by atoms with Crippen LogP contribution in [0.5, 0.6) is 0 Å². The number of hydrogen-bond donors (Lipinski definition) is 0. The number of carbonyl (C=O) groups is 2. The SMILES string of the molecule is O=C1c2ccccc2C(=O)N1CCN(OCc1ccccc1)S(=O)(=O)c1ccc([N+](=O)[O-])cc1. The van der Waals surface area contributed by atoms with E-state index in [1.807, 2.05) is 0 Å². The third kappa shape index (κ3) is 4.57. The van der Waals surface area contributed by atoms with E-state index in [1.54, 1.807) is 42.5 Å². The summed E-state index contributed by atoms with van der Waals surface area (Å²) in [6, 6.07) is 19.6. The van der Waals surface area contributed by atoms with Crippen molar-refractivity contribution in [2.24, 2.45) is 0 Å². The molecule has 1 aliphatic heterocycles. The fraction of sp³-hybridized carbons (Fsp3) is 0.130. The number of imide groups is 1. The van der Waals surface area contributed by atoms with Crippen LogP contribution in [-0.4, -0.2) is 47.6 Å². The second kappa shape index (κ2) is 9.51. The van der Waals surface area contributed by atoms with Gasteiger partial charge in [0.15, 0.2) is 0 Å². The Kier molecular flexibility index (Phi) is 6.50. The van der Waals surface area contributed by atoms with Crippen molar-refractivity contribution in [2.75, 3.05) is 13.1 Å². The fourth-order valence-electron chi connectivity index (χ4n) is 3.46. The molecule has 0 aliphatic carbocycles. The Labute approximate surface area is 195 Å². The Balaban J connectivity index is 1.57. The molecule has 1 aliphatic rings. The van der Waals surface area contributed by atoms with Crippen LogP contribution in [0.15, 0.2) is 83.8 Å². The molecule has 10 nitrogen and oxygen atoms in total. The molecule has 0 fully saturated rings. The zero-order chi connectivity index (χ0) is 24.3. The number of non-ortho nitro benzene ring substituents is 1. The highest BCUT2D eigenvalue weighted by Crippen LogP contribution is 2.24. The molecular weight excluding hydrogens is 462 g/mol. The molecule has 11 heteroatoms. The lowest BCUT2D eigenvalue weighted by atomic mass is 10.1. The van der Waals surface area contributed by atoms with Gasteiger partial charge >= 0.3 is 0 Å². The Morgan fingerprint density at radius 1 is 0.853 bits per heavy atom. The van der Waals surface area contributed by atoms with Gasteiger partial charge in [-0.2, -0.15) is 0 Å². The second-order valence-electron chi connectivity index (χ2n) is 7.35. The van der Waals surface area contributed by atoms with Crippen LogP contribution in [0.3, 0.4) is 0 Å². The highest BCUT2D eigenvalue weighted by atomic mass is 32.2. The van der Waals surface area contributed by atoms with E-state index in [0.717, 1.165) is 29.2 Å². The van der Waals surface area contributed by atoms with E-state index in [9.17, 15) is 28.1 Å². The number of hydrogen-bond acceptors (Lipinski definition) is 7. The third-order valence-electron chi connectivity index (χ3n) is 5.22. The number of nitro benzene ring substituents is 1. The number of nitrogens with zero attached hydrogens (tertiary/aromatic N) is 3. The summed E-state index contributed by atoms with van der Waals surface area (Å²) in [6.07, 6.45) is 0. The van der Waals surface area contributed by atoms with Gasteiger partial charge in [-0.15, -0.1) is 0 Å². The van der Waals surface area contributed by atoms with Crippen molar-refractivity contribution < 1.29 is 27.8 Å². The van der Waals surface area contributed by atoms with Gasteiger partial charge in [-0.05, 0) is 29.8 Å². The predicted molar refractivity (Wildman–Crippen MR) is 120 cm³/mol. The quantitative estimate of drug-likeness (QED) is 0.261.